The van der Waals surface area contributed by atoms with E-state index in [9.17, 15) is 13.2 Å². The Morgan fingerprint density at radius 1 is 0.939 bits per heavy atom. The number of carbonyl (C=O) groups excluding carboxylic acids is 1. The van der Waals surface area contributed by atoms with Crippen molar-refractivity contribution in [2.45, 2.75) is 0 Å². The van der Waals surface area contributed by atoms with Gasteiger partial charge in [0.2, 0.25) is 0 Å². The highest BCUT2D eigenvalue weighted by atomic mass is 32.2. The van der Waals surface area contributed by atoms with Crippen LogP contribution in [0.15, 0.2) is 84.9 Å². The summed E-state index contributed by atoms with van der Waals surface area (Å²) < 4.78 is 28.1. The van der Waals surface area contributed by atoms with Gasteiger partial charge in [-0.3, -0.25) is 4.79 Å². The lowest BCUT2D eigenvalue weighted by Crippen LogP contribution is -2.13. The number of amides is 1. The third-order valence-electron chi connectivity index (χ3n) is 4.72. The van der Waals surface area contributed by atoms with Crippen molar-refractivity contribution in [3.05, 3.63) is 89.8 Å². The highest BCUT2D eigenvalue weighted by Gasteiger charge is 2.20. The van der Waals surface area contributed by atoms with E-state index < -0.39 is 9.84 Å². The molecule has 8 heteroatoms. The number of ether oxygens (including phenoxy) is 1. The number of nitrogens with one attached hydrogen (secondary N) is 1. The summed E-state index contributed by atoms with van der Waals surface area (Å²) >= 11 is 1.33. The summed E-state index contributed by atoms with van der Waals surface area (Å²) in [5.41, 5.74) is 2.97. The summed E-state index contributed by atoms with van der Waals surface area (Å²) in [4.78, 5) is 18.5. The zero-order valence-electron chi connectivity index (χ0n) is 17.9. The first kappa shape index (κ1) is 22.7. The second-order valence-electron chi connectivity index (χ2n) is 7.39. The minimum absolute atomic E-state index is 0.0453. The summed E-state index contributed by atoms with van der Waals surface area (Å²) in [5, 5.41) is 3.67. The fourth-order valence-electron chi connectivity index (χ4n) is 3.13. The normalized spacial score (nSPS) is 11.2. The maximum absolute atomic E-state index is 13.2. The first-order valence-electron chi connectivity index (χ1n) is 10.2. The predicted molar refractivity (Wildman–Crippen MR) is 133 cm³/mol. The molecule has 0 aliphatic heterocycles. The molecule has 1 amide bonds. The molecule has 0 spiro atoms. The van der Waals surface area contributed by atoms with Crippen LogP contribution in [0, 0.1) is 0 Å². The number of rotatable bonds is 8. The molecule has 0 fully saturated rings. The van der Waals surface area contributed by atoms with E-state index in [2.05, 4.69) is 5.32 Å². The van der Waals surface area contributed by atoms with E-state index in [0.717, 1.165) is 22.4 Å². The van der Waals surface area contributed by atoms with Crippen molar-refractivity contribution in [1.29, 1.82) is 0 Å². The van der Waals surface area contributed by atoms with Crippen LogP contribution < -0.4 is 10.1 Å². The quantitative estimate of drug-likeness (QED) is 0.378. The molecule has 4 rings (SSSR count). The van der Waals surface area contributed by atoms with E-state index in [0.29, 0.717) is 22.0 Å². The molecule has 4 aromatic rings. The number of thiazole rings is 1. The molecule has 0 atom stereocenters. The zero-order chi connectivity index (χ0) is 23.3. The Hall–Kier alpha value is -3.49. The first-order valence-corrected chi connectivity index (χ1v) is 13.1. The van der Waals surface area contributed by atoms with E-state index in [4.69, 9.17) is 9.72 Å². The minimum atomic E-state index is -3.11. The van der Waals surface area contributed by atoms with Crippen LogP contribution in [0.5, 0.6) is 5.75 Å². The molecule has 0 unspecified atom stereocenters. The van der Waals surface area contributed by atoms with E-state index in [1.165, 1.54) is 11.3 Å². The maximum Gasteiger partial charge on any atom is 0.268 e. The largest absolute Gasteiger partial charge is 0.492 e. The highest BCUT2D eigenvalue weighted by Crippen LogP contribution is 2.34. The third kappa shape index (κ3) is 6.06. The molecule has 0 saturated heterocycles. The number of benzene rings is 3. The number of hydrogen-bond donors (Lipinski definition) is 1. The lowest BCUT2D eigenvalue weighted by Gasteiger charge is -2.09. The molecule has 33 heavy (non-hydrogen) atoms. The van der Waals surface area contributed by atoms with Gasteiger partial charge in [0.15, 0.2) is 9.84 Å². The van der Waals surface area contributed by atoms with Crippen molar-refractivity contribution in [1.82, 2.24) is 4.98 Å². The summed E-state index contributed by atoms with van der Waals surface area (Å²) in [6.07, 6.45) is 1.16. The fourth-order valence-corrected chi connectivity index (χ4v) is 4.51. The molecule has 0 bridgehead atoms. The van der Waals surface area contributed by atoms with Crippen molar-refractivity contribution in [2.24, 2.45) is 0 Å². The van der Waals surface area contributed by atoms with Gasteiger partial charge in [0, 0.05) is 29.1 Å². The number of aromatic nitrogens is 1. The van der Waals surface area contributed by atoms with Gasteiger partial charge in [0.25, 0.3) is 5.91 Å². The van der Waals surface area contributed by atoms with E-state index in [-0.39, 0.29) is 18.3 Å². The number of anilines is 1. The molecule has 3 aromatic carbocycles. The van der Waals surface area contributed by atoms with Crippen LogP contribution >= 0.6 is 11.3 Å². The van der Waals surface area contributed by atoms with Crippen molar-refractivity contribution in [3.63, 3.8) is 0 Å². The number of carbonyl (C=O) groups is 1. The average molecular weight is 479 g/mol. The minimum Gasteiger partial charge on any atom is -0.492 e. The zero-order valence-corrected chi connectivity index (χ0v) is 19.5. The summed E-state index contributed by atoms with van der Waals surface area (Å²) in [6, 6.07) is 26.2. The Morgan fingerprint density at radius 2 is 1.61 bits per heavy atom. The monoisotopic (exact) mass is 478 g/mol. The molecule has 0 aliphatic carbocycles. The van der Waals surface area contributed by atoms with E-state index >= 15 is 0 Å². The van der Waals surface area contributed by atoms with Crippen molar-refractivity contribution in [2.75, 3.05) is 23.9 Å². The fraction of sp³-hybridized carbons (Fsp3) is 0.120. The summed E-state index contributed by atoms with van der Waals surface area (Å²) in [7, 11) is -3.11. The van der Waals surface area contributed by atoms with Gasteiger partial charge >= 0.3 is 0 Å². The van der Waals surface area contributed by atoms with Crippen LogP contribution in [0.25, 0.3) is 21.8 Å². The van der Waals surface area contributed by atoms with Gasteiger partial charge in [-0.2, -0.15) is 0 Å². The van der Waals surface area contributed by atoms with Crippen molar-refractivity contribution in [3.8, 4) is 27.6 Å². The van der Waals surface area contributed by atoms with Gasteiger partial charge in [-0.25, -0.2) is 13.4 Å². The molecule has 168 valence electrons. The number of sulfone groups is 1. The van der Waals surface area contributed by atoms with E-state index in [1.54, 1.807) is 24.3 Å². The Labute approximate surface area is 196 Å². The molecule has 0 aliphatic rings. The van der Waals surface area contributed by atoms with Crippen LogP contribution in [-0.2, 0) is 9.84 Å². The van der Waals surface area contributed by atoms with E-state index in [1.807, 2.05) is 60.7 Å². The molecule has 6 nitrogen and oxygen atoms in total. The van der Waals surface area contributed by atoms with Gasteiger partial charge in [-0.05, 0) is 12.1 Å². The number of nitrogens with zero attached hydrogens (tertiary/aromatic N) is 1. The van der Waals surface area contributed by atoms with Gasteiger partial charge in [-0.1, -0.05) is 66.7 Å². The maximum atomic E-state index is 13.2. The molecular weight excluding hydrogens is 456 g/mol. The summed E-state index contributed by atoms with van der Waals surface area (Å²) in [5.74, 6) is 0.128. The molecule has 0 saturated carbocycles. The lowest BCUT2D eigenvalue weighted by atomic mass is 10.1. The lowest BCUT2D eigenvalue weighted by molar-refractivity contribution is 0.103. The predicted octanol–water partition coefficient (Wildman–Crippen LogP) is 5.15. The molecular formula is C25H22N2O4S2. The Kier molecular flexibility index (Phi) is 6.86. The highest BCUT2D eigenvalue weighted by molar-refractivity contribution is 7.90. The number of hydrogen-bond acceptors (Lipinski definition) is 6. The van der Waals surface area contributed by atoms with Gasteiger partial charge in [0.1, 0.15) is 22.2 Å². The van der Waals surface area contributed by atoms with Crippen LogP contribution in [-0.4, -0.2) is 37.9 Å². The molecule has 1 heterocycles. The first-order chi connectivity index (χ1) is 15.9. The van der Waals surface area contributed by atoms with Gasteiger partial charge < -0.3 is 10.1 Å². The SMILES string of the molecule is CS(=O)(=O)CCOc1cccc(NC(=O)c2sc(-c3ccccc3)nc2-c2ccccc2)c1. The molecule has 1 N–H and O–H groups in total. The standard InChI is InChI=1S/C25H22N2O4S2/c1-33(29,30)16-15-31-21-14-8-13-20(17-21)26-24(28)23-22(18-9-4-2-5-10-18)27-25(32-23)19-11-6-3-7-12-19/h2-14,17H,15-16H2,1H3,(H,26,28). The topological polar surface area (TPSA) is 85.4 Å². The van der Waals surface area contributed by atoms with Crippen molar-refractivity contribution < 1.29 is 17.9 Å². The summed E-state index contributed by atoms with van der Waals surface area (Å²) in [6.45, 7) is 0.0453. The van der Waals surface area contributed by atoms with Crippen molar-refractivity contribution >= 4 is 32.8 Å². The molecule has 1 aromatic heterocycles. The second-order valence-corrected chi connectivity index (χ2v) is 10.6. The van der Waals surface area contributed by atoms with Crippen LogP contribution in [0.3, 0.4) is 0 Å². The molecule has 0 radical (unpaired) electrons. The van der Waals surface area contributed by atoms with Gasteiger partial charge in [0.05, 0.1) is 11.4 Å². The van der Waals surface area contributed by atoms with Crippen LogP contribution in [0.4, 0.5) is 5.69 Å². The van der Waals surface area contributed by atoms with Crippen LogP contribution in [0.1, 0.15) is 9.67 Å². The van der Waals surface area contributed by atoms with Crippen LogP contribution in [0.2, 0.25) is 0 Å². The Balaban J connectivity index is 1.59. The second kappa shape index (κ2) is 9.97. The van der Waals surface area contributed by atoms with Gasteiger partial charge in [-0.15, -0.1) is 11.3 Å². The third-order valence-corrected chi connectivity index (χ3v) is 6.73. The Bertz CT molecular complexity index is 1350. The Morgan fingerprint density at radius 3 is 2.27 bits per heavy atom. The average Bonchev–Trinajstić information content (AvgIpc) is 3.26. The smallest absolute Gasteiger partial charge is 0.268 e.